The molecule has 2 aliphatic rings. The van der Waals surface area contributed by atoms with Crippen LogP contribution in [0, 0.1) is 13.8 Å². The molecule has 1 saturated heterocycles. The van der Waals surface area contributed by atoms with Gasteiger partial charge >= 0.3 is 0 Å². The van der Waals surface area contributed by atoms with Gasteiger partial charge in [-0.1, -0.05) is 23.8 Å². The third kappa shape index (κ3) is 4.74. The van der Waals surface area contributed by atoms with Crippen LogP contribution in [0.4, 0.5) is 0 Å². The molecule has 0 aliphatic carbocycles. The predicted octanol–water partition coefficient (Wildman–Crippen LogP) is 1.42. The van der Waals surface area contributed by atoms with Crippen molar-refractivity contribution >= 4 is 17.4 Å². The van der Waals surface area contributed by atoms with Crippen LogP contribution < -0.4 is 0 Å². The minimum atomic E-state index is -0.212. The molecule has 30 heavy (non-hydrogen) atoms. The molecule has 2 amide bonds. The lowest BCUT2D eigenvalue weighted by atomic mass is 9.97. The molecule has 1 aromatic rings. The average molecular weight is 416 g/mol. The number of imide groups is 1. The first-order valence-corrected chi connectivity index (χ1v) is 10.8. The highest BCUT2D eigenvalue weighted by Gasteiger charge is 2.42. The molecule has 0 spiro atoms. The van der Waals surface area contributed by atoms with Crippen molar-refractivity contribution in [1.82, 2.24) is 14.7 Å². The van der Waals surface area contributed by atoms with Gasteiger partial charge in [0.25, 0.3) is 11.8 Å². The summed E-state index contributed by atoms with van der Waals surface area (Å²) in [7, 11) is 0. The van der Waals surface area contributed by atoms with E-state index in [9.17, 15) is 14.7 Å². The average Bonchev–Trinajstić information content (AvgIpc) is 2.96. The maximum atomic E-state index is 13.4. The van der Waals surface area contributed by atoms with E-state index in [2.05, 4.69) is 11.0 Å². The SMILES string of the molecule is CCOCCCN1C(=O)C(c2ccc(C)cc2C)=C(N2CCN(CCO)CC2)C1=O. The van der Waals surface area contributed by atoms with Gasteiger partial charge in [-0.15, -0.1) is 0 Å². The Morgan fingerprint density at radius 2 is 1.77 bits per heavy atom. The van der Waals surface area contributed by atoms with Gasteiger partial charge in [0.05, 0.1) is 12.2 Å². The molecule has 1 fully saturated rings. The summed E-state index contributed by atoms with van der Waals surface area (Å²) in [5.74, 6) is -0.418. The number of carbonyl (C=O) groups is 2. The summed E-state index contributed by atoms with van der Waals surface area (Å²) in [6, 6.07) is 5.99. The number of carbonyl (C=O) groups excluding carboxylic acids is 2. The zero-order valence-corrected chi connectivity index (χ0v) is 18.3. The molecule has 0 aromatic heterocycles. The van der Waals surface area contributed by atoms with Gasteiger partial charge in [-0.25, -0.2) is 0 Å². The molecule has 7 nitrogen and oxygen atoms in total. The molecule has 0 saturated carbocycles. The number of nitrogens with zero attached hydrogens (tertiary/aromatic N) is 3. The molecule has 3 rings (SSSR count). The molecule has 0 unspecified atom stereocenters. The van der Waals surface area contributed by atoms with E-state index in [1.54, 1.807) is 0 Å². The van der Waals surface area contributed by atoms with Gasteiger partial charge in [-0.05, 0) is 38.3 Å². The summed E-state index contributed by atoms with van der Waals surface area (Å²) in [6.07, 6.45) is 0.628. The van der Waals surface area contributed by atoms with Gasteiger partial charge in [0.1, 0.15) is 5.70 Å². The summed E-state index contributed by atoms with van der Waals surface area (Å²) >= 11 is 0. The van der Waals surface area contributed by atoms with Gasteiger partial charge in [-0.3, -0.25) is 19.4 Å². The van der Waals surface area contributed by atoms with E-state index < -0.39 is 0 Å². The van der Waals surface area contributed by atoms with Crippen LogP contribution in [0.15, 0.2) is 23.9 Å². The number of hydrogen-bond donors (Lipinski definition) is 1. The van der Waals surface area contributed by atoms with Gasteiger partial charge in [0.15, 0.2) is 0 Å². The minimum absolute atomic E-state index is 0.127. The Hall–Kier alpha value is -2.22. The summed E-state index contributed by atoms with van der Waals surface area (Å²) in [6.45, 7) is 11.1. The number of benzene rings is 1. The van der Waals surface area contributed by atoms with Crippen molar-refractivity contribution in [3.63, 3.8) is 0 Å². The number of aliphatic hydroxyl groups is 1. The molecule has 2 heterocycles. The lowest BCUT2D eigenvalue weighted by Gasteiger charge is -2.36. The number of amides is 2. The summed E-state index contributed by atoms with van der Waals surface area (Å²) < 4.78 is 5.39. The van der Waals surface area contributed by atoms with Crippen molar-refractivity contribution in [3.8, 4) is 0 Å². The first kappa shape index (κ1) is 22.5. The Bertz CT molecular complexity index is 813. The first-order chi connectivity index (χ1) is 14.5. The molecule has 7 heteroatoms. The smallest absolute Gasteiger partial charge is 0.277 e. The molecular weight excluding hydrogens is 382 g/mol. The number of hydrogen-bond acceptors (Lipinski definition) is 6. The standard InChI is InChI=1S/C23H33N3O4/c1-4-30-15-5-8-26-22(28)20(19-7-6-17(2)16-18(19)3)21(23(26)29)25-11-9-24(10-12-25)13-14-27/h6-7,16,27H,4-5,8-15H2,1-3H3. The zero-order chi connectivity index (χ0) is 21.7. The highest BCUT2D eigenvalue weighted by atomic mass is 16.5. The Kier molecular flexibility index (Phi) is 7.64. The Labute approximate surface area is 178 Å². The van der Waals surface area contributed by atoms with E-state index in [1.807, 2.05) is 37.8 Å². The minimum Gasteiger partial charge on any atom is -0.395 e. The van der Waals surface area contributed by atoms with Crippen LogP contribution in [-0.2, 0) is 14.3 Å². The van der Waals surface area contributed by atoms with Gasteiger partial charge in [-0.2, -0.15) is 0 Å². The molecule has 1 N–H and O–H groups in total. The maximum absolute atomic E-state index is 13.4. The highest BCUT2D eigenvalue weighted by molar-refractivity contribution is 6.35. The Morgan fingerprint density at radius 3 is 2.40 bits per heavy atom. The number of aryl methyl sites for hydroxylation is 2. The van der Waals surface area contributed by atoms with Crippen LogP contribution in [0.5, 0.6) is 0 Å². The molecule has 0 atom stereocenters. The number of piperazine rings is 1. The number of aliphatic hydroxyl groups excluding tert-OH is 1. The lowest BCUT2D eigenvalue weighted by molar-refractivity contribution is -0.137. The first-order valence-electron chi connectivity index (χ1n) is 10.8. The quantitative estimate of drug-likeness (QED) is 0.486. The van der Waals surface area contributed by atoms with E-state index in [0.29, 0.717) is 57.1 Å². The van der Waals surface area contributed by atoms with E-state index in [0.717, 1.165) is 29.8 Å². The molecule has 1 aromatic carbocycles. The third-order valence-corrected chi connectivity index (χ3v) is 5.77. The van der Waals surface area contributed by atoms with Crippen LogP contribution >= 0.6 is 0 Å². The predicted molar refractivity (Wildman–Crippen MR) is 116 cm³/mol. The number of rotatable bonds is 9. The highest BCUT2D eigenvalue weighted by Crippen LogP contribution is 2.34. The van der Waals surface area contributed by atoms with Crippen LogP contribution in [-0.4, -0.2) is 90.7 Å². The van der Waals surface area contributed by atoms with E-state index in [-0.39, 0.29) is 18.4 Å². The molecular formula is C23H33N3O4. The molecule has 164 valence electrons. The monoisotopic (exact) mass is 415 g/mol. The number of β-amino-alcohol motifs (C(OH)–C–C–N with tert-alkyl or cyclic N) is 1. The van der Waals surface area contributed by atoms with Gasteiger partial charge in [0, 0.05) is 52.5 Å². The van der Waals surface area contributed by atoms with Crippen molar-refractivity contribution < 1.29 is 19.4 Å². The van der Waals surface area contributed by atoms with Crippen LogP contribution in [0.3, 0.4) is 0 Å². The zero-order valence-electron chi connectivity index (χ0n) is 18.3. The summed E-state index contributed by atoms with van der Waals surface area (Å²) in [5.41, 5.74) is 4.00. The van der Waals surface area contributed by atoms with Gasteiger partial charge < -0.3 is 14.7 Å². The van der Waals surface area contributed by atoms with Crippen molar-refractivity contribution in [2.75, 3.05) is 59.1 Å². The van der Waals surface area contributed by atoms with Crippen molar-refractivity contribution in [1.29, 1.82) is 0 Å². The topological polar surface area (TPSA) is 73.3 Å². The normalized spacial score (nSPS) is 18.1. The molecule has 2 aliphatic heterocycles. The number of ether oxygens (including phenoxy) is 1. The lowest BCUT2D eigenvalue weighted by Crippen LogP contribution is -2.48. The Balaban J connectivity index is 1.90. The van der Waals surface area contributed by atoms with Crippen LogP contribution in [0.2, 0.25) is 0 Å². The fourth-order valence-corrected chi connectivity index (χ4v) is 4.20. The maximum Gasteiger partial charge on any atom is 0.277 e. The fraction of sp³-hybridized carbons (Fsp3) is 0.565. The van der Waals surface area contributed by atoms with Crippen molar-refractivity contribution in [2.45, 2.75) is 27.2 Å². The fourth-order valence-electron chi connectivity index (χ4n) is 4.20. The second-order valence-electron chi connectivity index (χ2n) is 7.91. The summed E-state index contributed by atoms with van der Waals surface area (Å²) in [5, 5.41) is 9.19. The van der Waals surface area contributed by atoms with E-state index >= 15 is 0 Å². The van der Waals surface area contributed by atoms with E-state index in [1.165, 1.54) is 4.90 Å². The third-order valence-electron chi connectivity index (χ3n) is 5.77. The van der Waals surface area contributed by atoms with E-state index in [4.69, 9.17) is 4.74 Å². The second-order valence-corrected chi connectivity index (χ2v) is 7.91. The van der Waals surface area contributed by atoms with Crippen molar-refractivity contribution in [2.24, 2.45) is 0 Å². The van der Waals surface area contributed by atoms with Crippen LogP contribution in [0.1, 0.15) is 30.0 Å². The summed E-state index contributed by atoms with van der Waals surface area (Å²) in [4.78, 5) is 32.3. The molecule has 0 radical (unpaired) electrons. The second kappa shape index (κ2) is 10.2. The molecule has 0 bridgehead atoms. The Morgan fingerprint density at radius 1 is 1.03 bits per heavy atom. The van der Waals surface area contributed by atoms with Gasteiger partial charge in [0.2, 0.25) is 0 Å². The van der Waals surface area contributed by atoms with Crippen LogP contribution in [0.25, 0.3) is 5.57 Å². The largest absolute Gasteiger partial charge is 0.395 e. The van der Waals surface area contributed by atoms with Crippen molar-refractivity contribution in [3.05, 3.63) is 40.6 Å².